The summed E-state index contributed by atoms with van der Waals surface area (Å²) in [5, 5.41) is 9.39. The molecule has 0 aliphatic rings. The van der Waals surface area contributed by atoms with Crippen molar-refractivity contribution in [2.45, 2.75) is 6.61 Å². The summed E-state index contributed by atoms with van der Waals surface area (Å²) in [6.07, 6.45) is 3.63. The van der Waals surface area contributed by atoms with Crippen LogP contribution in [-0.2, 0) is 11.3 Å². The van der Waals surface area contributed by atoms with E-state index in [1.54, 1.807) is 24.4 Å². The van der Waals surface area contributed by atoms with Gasteiger partial charge in [-0.05, 0) is 24.3 Å². The van der Waals surface area contributed by atoms with Crippen LogP contribution in [0, 0.1) is 11.3 Å². The van der Waals surface area contributed by atoms with Crippen molar-refractivity contribution < 1.29 is 19.0 Å². The number of aromatic nitrogens is 1. The quantitative estimate of drug-likeness (QED) is 0.669. The molecule has 0 bridgehead atoms. The molecular formula is C19H16N2O4. The number of nitrogens with zero attached hydrogens (tertiary/aromatic N) is 2. The van der Waals surface area contributed by atoms with E-state index in [-0.39, 0.29) is 6.61 Å². The Morgan fingerprint density at radius 3 is 2.76 bits per heavy atom. The van der Waals surface area contributed by atoms with Crippen molar-refractivity contribution >= 4 is 11.5 Å². The Bertz CT molecular complexity index is 969. The smallest absolute Gasteiger partial charge is 0.342 e. The number of carbonyl (C=O) groups is 1. The van der Waals surface area contributed by atoms with Crippen LogP contribution in [0.3, 0.4) is 0 Å². The van der Waals surface area contributed by atoms with Crippen LogP contribution in [0.4, 0.5) is 0 Å². The summed E-state index contributed by atoms with van der Waals surface area (Å²) in [6.45, 7) is -0.00140. The molecule has 0 fully saturated rings. The summed E-state index contributed by atoms with van der Waals surface area (Å²) in [4.78, 5) is 12.4. The van der Waals surface area contributed by atoms with Crippen molar-refractivity contribution in [3.05, 3.63) is 65.5 Å². The summed E-state index contributed by atoms with van der Waals surface area (Å²) < 4.78 is 17.5. The topological polar surface area (TPSA) is 73.0 Å². The third-order valence-electron chi connectivity index (χ3n) is 3.86. The molecule has 25 heavy (non-hydrogen) atoms. The maximum Gasteiger partial charge on any atom is 0.342 e. The Morgan fingerprint density at radius 1 is 1.20 bits per heavy atom. The number of rotatable bonds is 5. The lowest BCUT2D eigenvalue weighted by Crippen LogP contribution is -2.07. The van der Waals surface area contributed by atoms with E-state index in [0.29, 0.717) is 28.2 Å². The largest absolute Gasteiger partial charge is 0.497 e. The van der Waals surface area contributed by atoms with E-state index in [4.69, 9.17) is 14.2 Å². The molecule has 2 heterocycles. The van der Waals surface area contributed by atoms with Crippen molar-refractivity contribution in [1.82, 2.24) is 4.40 Å². The number of benzene rings is 1. The summed E-state index contributed by atoms with van der Waals surface area (Å²) in [5.41, 5.74) is 2.22. The minimum absolute atomic E-state index is 0.00140. The number of hydrogen-bond acceptors (Lipinski definition) is 5. The Labute approximate surface area is 144 Å². The monoisotopic (exact) mass is 336 g/mol. The molecule has 0 spiro atoms. The average molecular weight is 336 g/mol. The Kier molecular flexibility index (Phi) is 4.57. The minimum atomic E-state index is -0.529. The zero-order valence-electron chi connectivity index (χ0n) is 13.9. The predicted molar refractivity (Wildman–Crippen MR) is 90.8 cm³/mol. The molecule has 0 saturated carbocycles. The first-order chi connectivity index (χ1) is 12.2. The molecule has 3 aromatic rings. The molecule has 2 aromatic heterocycles. The standard InChI is InChI=1S/C19H16N2O4/c1-23-14-6-7-15(18(9-14)24-2)19(22)25-12-13-11-21-8-4-3-5-17(21)16(13)10-20/h3-9,11H,12H2,1-2H3. The SMILES string of the molecule is COc1ccc(C(=O)OCc2cn3ccccc3c2C#N)c(OC)c1. The first kappa shape index (κ1) is 16.4. The molecule has 0 unspecified atom stereocenters. The highest BCUT2D eigenvalue weighted by molar-refractivity contribution is 5.92. The summed E-state index contributed by atoms with van der Waals surface area (Å²) in [5.74, 6) is 0.421. The van der Waals surface area contributed by atoms with Gasteiger partial charge in [0.15, 0.2) is 0 Å². The highest BCUT2D eigenvalue weighted by Gasteiger charge is 2.17. The zero-order chi connectivity index (χ0) is 17.8. The lowest BCUT2D eigenvalue weighted by molar-refractivity contribution is 0.0469. The van der Waals surface area contributed by atoms with Crippen molar-refractivity contribution in [3.8, 4) is 17.6 Å². The van der Waals surface area contributed by atoms with Gasteiger partial charge in [-0.25, -0.2) is 4.79 Å². The van der Waals surface area contributed by atoms with Crippen LogP contribution in [0.25, 0.3) is 5.52 Å². The van der Waals surface area contributed by atoms with E-state index in [9.17, 15) is 10.1 Å². The molecular weight excluding hydrogens is 320 g/mol. The number of methoxy groups -OCH3 is 2. The molecule has 126 valence electrons. The predicted octanol–water partition coefficient (Wildman–Crippen LogP) is 3.19. The van der Waals surface area contributed by atoms with Gasteiger partial charge in [0.05, 0.1) is 25.3 Å². The van der Waals surface area contributed by atoms with Gasteiger partial charge in [-0.2, -0.15) is 5.26 Å². The first-order valence-corrected chi connectivity index (χ1v) is 7.55. The third-order valence-corrected chi connectivity index (χ3v) is 3.86. The number of fused-ring (bicyclic) bond motifs is 1. The van der Waals surface area contributed by atoms with Crippen LogP contribution in [-0.4, -0.2) is 24.6 Å². The number of carbonyl (C=O) groups excluding carboxylic acids is 1. The van der Waals surface area contributed by atoms with E-state index < -0.39 is 5.97 Å². The Morgan fingerprint density at radius 2 is 2.04 bits per heavy atom. The highest BCUT2D eigenvalue weighted by atomic mass is 16.5. The molecule has 3 rings (SSSR count). The number of pyridine rings is 1. The van der Waals surface area contributed by atoms with Gasteiger partial charge in [-0.15, -0.1) is 0 Å². The minimum Gasteiger partial charge on any atom is -0.497 e. The highest BCUT2D eigenvalue weighted by Crippen LogP contribution is 2.26. The molecule has 0 aliphatic heterocycles. The summed E-state index contributed by atoms with van der Waals surface area (Å²) in [7, 11) is 3.01. The van der Waals surface area contributed by atoms with Gasteiger partial charge >= 0.3 is 5.97 Å². The lowest BCUT2D eigenvalue weighted by Gasteiger charge is -2.10. The number of ether oxygens (including phenoxy) is 3. The molecule has 1 aromatic carbocycles. The van der Waals surface area contributed by atoms with Crippen LogP contribution in [0.15, 0.2) is 48.8 Å². The van der Waals surface area contributed by atoms with Gasteiger partial charge in [0.25, 0.3) is 0 Å². The van der Waals surface area contributed by atoms with E-state index in [0.717, 1.165) is 5.52 Å². The molecule has 0 saturated heterocycles. The fraction of sp³-hybridized carbons (Fsp3) is 0.158. The van der Waals surface area contributed by atoms with Gasteiger partial charge in [0, 0.05) is 24.0 Å². The zero-order valence-corrected chi connectivity index (χ0v) is 13.9. The molecule has 6 heteroatoms. The molecule has 0 N–H and O–H groups in total. The number of esters is 1. The van der Waals surface area contributed by atoms with Crippen LogP contribution in [0.1, 0.15) is 21.5 Å². The van der Waals surface area contributed by atoms with Crippen molar-refractivity contribution in [3.63, 3.8) is 0 Å². The van der Waals surface area contributed by atoms with E-state index >= 15 is 0 Å². The fourth-order valence-corrected chi connectivity index (χ4v) is 2.60. The Balaban J connectivity index is 1.83. The van der Waals surface area contributed by atoms with Gasteiger partial charge in [0.1, 0.15) is 29.7 Å². The van der Waals surface area contributed by atoms with Gasteiger partial charge in [0.2, 0.25) is 0 Å². The normalized spacial score (nSPS) is 10.3. The summed E-state index contributed by atoms with van der Waals surface area (Å²) in [6, 6.07) is 12.6. The van der Waals surface area contributed by atoms with Crippen LogP contribution < -0.4 is 9.47 Å². The van der Waals surface area contributed by atoms with E-state index in [2.05, 4.69) is 6.07 Å². The van der Waals surface area contributed by atoms with Gasteiger partial charge < -0.3 is 18.6 Å². The lowest BCUT2D eigenvalue weighted by atomic mass is 10.2. The maximum atomic E-state index is 12.4. The van der Waals surface area contributed by atoms with Crippen molar-refractivity contribution in [1.29, 1.82) is 5.26 Å². The first-order valence-electron chi connectivity index (χ1n) is 7.55. The van der Waals surface area contributed by atoms with Crippen LogP contribution >= 0.6 is 0 Å². The van der Waals surface area contributed by atoms with Crippen LogP contribution in [0.5, 0.6) is 11.5 Å². The van der Waals surface area contributed by atoms with Crippen LogP contribution in [0.2, 0.25) is 0 Å². The molecule has 0 radical (unpaired) electrons. The van der Waals surface area contributed by atoms with Crippen molar-refractivity contribution in [2.75, 3.05) is 14.2 Å². The third kappa shape index (κ3) is 3.12. The second kappa shape index (κ2) is 6.97. The molecule has 0 aliphatic carbocycles. The van der Waals surface area contributed by atoms with Gasteiger partial charge in [-0.1, -0.05) is 6.07 Å². The number of hydrogen-bond donors (Lipinski definition) is 0. The second-order valence-electron chi connectivity index (χ2n) is 5.28. The van der Waals surface area contributed by atoms with Gasteiger partial charge in [-0.3, -0.25) is 0 Å². The van der Waals surface area contributed by atoms with E-state index in [1.807, 2.05) is 28.8 Å². The molecule has 0 amide bonds. The summed E-state index contributed by atoms with van der Waals surface area (Å²) >= 11 is 0. The molecule has 0 atom stereocenters. The Hall–Kier alpha value is -3.46. The van der Waals surface area contributed by atoms with E-state index in [1.165, 1.54) is 14.2 Å². The number of nitriles is 1. The average Bonchev–Trinajstić information content (AvgIpc) is 3.02. The maximum absolute atomic E-state index is 12.4. The molecule has 6 nitrogen and oxygen atoms in total. The second-order valence-corrected chi connectivity index (χ2v) is 5.28. The van der Waals surface area contributed by atoms with Crippen molar-refractivity contribution in [2.24, 2.45) is 0 Å². The fourth-order valence-electron chi connectivity index (χ4n) is 2.60.